The first-order valence-electron chi connectivity index (χ1n) is 7.06. The summed E-state index contributed by atoms with van der Waals surface area (Å²) in [5.74, 6) is 0.788. The molecule has 0 aromatic heterocycles. The fourth-order valence-corrected chi connectivity index (χ4v) is 3.52. The lowest BCUT2D eigenvalue weighted by Gasteiger charge is -2.22. The van der Waals surface area contributed by atoms with Crippen LogP contribution in [0.15, 0.2) is 33.6 Å². The van der Waals surface area contributed by atoms with Crippen LogP contribution in [-0.2, 0) is 10.0 Å². The minimum absolute atomic E-state index is 0.105. The first-order chi connectivity index (χ1) is 9.40. The van der Waals surface area contributed by atoms with Crippen LogP contribution >= 0.6 is 0 Å². The molecule has 4 nitrogen and oxygen atoms in total. The highest BCUT2D eigenvalue weighted by Crippen LogP contribution is 2.18. The quantitative estimate of drug-likeness (QED) is 0.636. The molecule has 0 atom stereocenters. The lowest BCUT2D eigenvalue weighted by molar-refractivity contribution is 0.489. The second-order valence-electron chi connectivity index (χ2n) is 5.59. The van der Waals surface area contributed by atoms with Crippen molar-refractivity contribution in [3.8, 4) is 0 Å². The van der Waals surface area contributed by atoms with Gasteiger partial charge in [0, 0.05) is 19.0 Å². The SMILES string of the molecule is Cc1ccc(S(=O)(=O)/N=C(\C(C)C)N2CCCC2)cc1. The summed E-state index contributed by atoms with van der Waals surface area (Å²) in [4.78, 5) is 2.36. The molecule has 1 fully saturated rings. The van der Waals surface area contributed by atoms with Crippen molar-refractivity contribution in [3.63, 3.8) is 0 Å². The van der Waals surface area contributed by atoms with Crippen molar-refractivity contribution in [2.45, 2.75) is 38.5 Å². The molecular formula is C15H22N2O2S. The fourth-order valence-electron chi connectivity index (χ4n) is 2.36. The van der Waals surface area contributed by atoms with Gasteiger partial charge >= 0.3 is 0 Å². The summed E-state index contributed by atoms with van der Waals surface area (Å²) in [7, 11) is -3.61. The third kappa shape index (κ3) is 3.39. The average molecular weight is 294 g/mol. The first-order valence-corrected chi connectivity index (χ1v) is 8.50. The van der Waals surface area contributed by atoms with Crippen LogP contribution in [0.5, 0.6) is 0 Å². The Morgan fingerprint density at radius 2 is 1.70 bits per heavy atom. The van der Waals surface area contributed by atoms with E-state index in [0.29, 0.717) is 5.84 Å². The summed E-state index contributed by atoms with van der Waals surface area (Å²) in [6.07, 6.45) is 2.21. The Morgan fingerprint density at radius 3 is 2.20 bits per heavy atom. The minimum Gasteiger partial charge on any atom is -0.359 e. The summed E-state index contributed by atoms with van der Waals surface area (Å²) >= 11 is 0. The van der Waals surface area contributed by atoms with Crippen LogP contribution in [0.2, 0.25) is 0 Å². The highest BCUT2D eigenvalue weighted by Gasteiger charge is 2.22. The Labute approximate surface area is 121 Å². The maximum atomic E-state index is 12.4. The van der Waals surface area contributed by atoms with Crippen molar-refractivity contribution < 1.29 is 8.42 Å². The van der Waals surface area contributed by atoms with Crippen molar-refractivity contribution in [2.24, 2.45) is 10.3 Å². The van der Waals surface area contributed by atoms with Gasteiger partial charge in [-0.3, -0.25) is 0 Å². The average Bonchev–Trinajstić information content (AvgIpc) is 2.90. The number of nitrogens with zero attached hydrogens (tertiary/aromatic N) is 2. The normalized spacial score (nSPS) is 17.0. The zero-order chi connectivity index (χ0) is 14.8. The Kier molecular flexibility index (Phi) is 4.48. The molecule has 1 heterocycles. The van der Waals surface area contributed by atoms with Crippen LogP contribution in [0.3, 0.4) is 0 Å². The van der Waals surface area contributed by atoms with E-state index in [1.165, 1.54) is 0 Å². The first kappa shape index (κ1) is 15.0. The van der Waals surface area contributed by atoms with Crippen molar-refractivity contribution in [3.05, 3.63) is 29.8 Å². The number of sulfonamides is 1. The summed E-state index contributed by atoms with van der Waals surface area (Å²) < 4.78 is 28.9. The number of aryl methyl sites for hydroxylation is 1. The van der Waals surface area contributed by atoms with Gasteiger partial charge in [-0.2, -0.15) is 8.42 Å². The van der Waals surface area contributed by atoms with Crippen molar-refractivity contribution in [1.82, 2.24) is 4.90 Å². The molecule has 0 radical (unpaired) electrons. The van der Waals surface area contributed by atoms with Crippen LogP contribution in [0, 0.1) is 12.8 Å². The lowest BCUT2D eigenvalue weighted by atomic mass is 10.2. The van der Waals surface area contributed by atoms with Crippen LogP contribution in [0.25, 0.3) is 0 Å². The molecule has 0 spiro atoms. The molecule has 2 rings (SSSR count). The molecule has 20 heavy (non-hydrogen) atoms. The number of hydrogen-bond donors (Lipinski definition) is 0. The Balaban J connectivity index is 2.35. The van der Waals surface area contributed by atoms with Gasteiger partial charge in [-0.25, -0.2) is 0 Å². The van der Waals surface area contributed by atoms with E-state index in [9.17, 15) is 8.42 Å². The molecule has 0 N–H and O–H groups in total. The van der Waals surface area contributed by atoms with Crippen LogP contribution in [0.1, 0.15) is 32.3 Å². The van der Waals surface area contributed by atoms with Crippen molar-refractivity contribution in [2.75, 3.05) is 13.1 Å². The zero-order valence-electron chi connectivity index (χ0n) is 12.3. The monoisotopic (exact) mass is 294 g/mol. The molecule has 1 aromatic carbocycles. The van der Waals surface area contributed by atoms with Gasteiger partial charge in [-0.1, -0.05) is 31.5 Å². The van der Waals surface area contributed by atoms with E-state index >= 15 is 0 Å². The maximum Gasteiger partial charge on any atom is 0.283 e. The van der Waals surface area contributed by atoms with E-state index in [-0.39, 0.29) is 10.8 Å². The highest BCUT2D eigenvalue weighted by molar-refractivity contribution is 7.90. The molecule has 0 amide bonds. The number of hydrogen-bond acceptors (Lipinski definition) is 2. The van der Waals surface area contributed by atoms with Gasteiger partial charge < -0.3 is 4.90 Å². The second-order valence-corrected chi connectivity index (χ2v) is 7.19. The standard InChI is InChI=1S/C15H22N2O2S/c1-12(2)15(17-10-4-5-11-17)16-20(18,19)14-8-6-13(3)7-9-14/h6-9,12H,4-5,10-11H2,1-3H3/b16-15+. The third-order valence-electron chi connectivity index (χ3n) is 3.48. The zero-order valence-corrected chi connectivity index (χ0v) is 13.2. The van der Waals surface area contributed by atoms with Gasteiger partial charge in [0.2, 0.25) is 0 Å². The molecule has 1 aliphatic rings. The molecule has 1 aliphatic heterocycles. The molecule has 110 valence electrons. The molecule has 0 saturated carbocycles. The minimum atomic E-state index is -3.61. The summed E-state index contributed by atoms with van der Waals surface area (Å²) in [5.41, 5.74) is 1.04. The van der Waals surface area contributed by atoms with E-state index in [4.69, 9.17) is 0 Å². The topological polar surface area (TPSA) is 49.7 Å². The smallest absolute Gasteiger partial charge is 0.283 e. The molecule has 0 bridgehead atoms. The van der Waals surface area contributed by atoms with E-state index in [2.05, 4.69) is 9.30 Å². The number of benzene rings is 1. The van der Waals surface area contributed by atoms with Crippen molar-refractivity contribution in [1.29, 1.82) is 0 Å². The molecule has 0 aliphatic carbocycles. The maximum absolute atomic E-state index is 12.4. The molecular weight excluding hydrogens is 272 g/mol. The molecule has 5 heteroatoms. The molecule has 1 aromatic rings. The van der Waals surface area contributed by atoms with Crippen molar-refractivity contribution >= 4 is 15.9 Å². The van der Waals surface area contributed by atoms with Gasteiger partial charge in [0.15, 0.2) is 0 Å². The second kappa shape index (κ2) is 5.95. The number of rotatable bonds is 3. The Morgan fingerprint density at radius 1 is 1.15 bits per heavy atom. The lowest BCUT2D eigenvalue weighted by Crippen LogP contribution is -2.32. The molecule has 1 saturated heterocycles. The summed E-state index contributed by atoms with van der Waals surface area (Å²) in [6, 6.07) is 6.84. The summed E-state index contributed by atoms with van der Waals surface area (Å²) in [6.45, 7) is 7.72. The van der Waals surface area contributed by atoms with Gasteiger partial charge in [0.05, 0.1) is 4.90 Å². The van der Waals surface area contributed by atoms with E-state index in [1.807, 2.05) is 20.8 Å². The predicted molar refractivity (Wildman–Crippen MR) is 81.4 cm³/mol. The van der Waals surface area contributed by atoms with E-state index < -0.39 is 10.0 Å². The van der Waals surface area contributed by atoms with Gasteiger partial charge in [-0.05, 0) is 31.9 Å². The predicted octanol–water partition coefficient (Wildman–Crippen LogP) is 2.83. The largest absolute Gasteiger partial charge is 0.359 e. The third-order valence-corrected chi connectivity index (χ3v) is 4.77. The van der Waals surface area contributed by atoms with Crippen LogP contribution in [-0.4, -0.2) is 32.2 Å². The van der Waals surface area contributed by atoms with Crippen LogP contribution < -0.4 is 0 Å². The number of amidine groups is 1. The van der Waals surface area contributed by atoms with Gasteiger partial charge in [-0.15, -0.1) is 4.40 Å². The fraction of sp³-hybridized carbons (Fsp3) is 0.533. The van der Waals surface area contributed by atoms with Gasteiger partial charge in [0.25, 0.3) is 10.0 Å². The Bertz CT molecular complexity index is 583. The van der Waals surface area contributed by atoms with Crippen LogP contribution in [0.4, 0.5) is 0 Å². The highest BCUT2D eigenvalue weighted by atomic mass is 32.2. The summed E-state index contributed by atoms with van der Waals surface area (Å²) in [5, 5.41) is 0. The number of likely N-dealkylation sites (tertiary alicyclic amines) is 1. The van der Waals surface area contributed by atoms with E-state index in [0.717, 1.165) is 31.5 Å². The molecule has 0 unspecified atom stereocenters. The van der Waals surface area contributed by atoms with E-state index in [1.54, 1.807) is 24.3 Å². The van der Waals surface area contributed by atoms with Gasteiger partial charge in [0.1, 0.15) is 5.84 Å². The Hall–Kier alpha value is -1.36.